The molecule has 1 unspecified atom stereocenters. The van der Waals surface area contributed by atoms with Crippen molar-refractivity contribution in [3.63, 3.8) is 0 Å². The highest BCUT2D eigenvalue weighted by Crippen LogP contribution is 2.38. The summed E-state index contributed by atoms with van der Waals surface area (Å²) in [4.78, 5) is 24.9. The quantitative estimate of drug-likeness (QED) is 0.437. The third-order valence-corrected chi connectivity index (χ3v) is 6.34. The second-order valence-corrected chi connectivity index (χ2v) is 8.81. The largest absolute Gasteiger partial charge is 0.493 e. The summed E-state index contributed by atoms with van der Waals surface area (Å²) in [6, 6.07) is 9.32. The van der Waals surface area contributed by atoms with Crippen LogP contribution in [-0.2, 0) is 9.59 Å². The van der Waals surface area contributed by atoms with Crippen molar-refractivity contribution in [3.05, 3.63) is 47.0 Å². The minimum Gasteiger partial charge on any atom is -0.493 e. The maximum atomic E-state index is 12.5. The molecule has 1 fully saturated rings. The van der Waals surface area contributed by atoms with Gasteiger partial charge < -0.3 is 24.8 Å². The molecule has 2 aromatic carbocycles. The zero-order valence-electron chi connectivity index (χ0n) is 20.0. The van der Waals surface area contributed by atoms with E-state index >= 15 is 0 Å². The molecule has 0 saturated carbocycles. The first kappa shape index (κ1) is 25.1. The Morgan fingerprint density at radius 1 is 1.09 bits per heavy atom. The average Bonchev–Trinajstić information content (AvgIpc) is 3.17. The molecule has 0 spiro atoms. The van der Waals surface area contributed by atoms with Crippen molar-refractivity contribution in [1.29, 1.82) is 0 Å². The van der Waals surface area contributed by atoms with Crippen LogP contribution in [0.5, 0.6) is 17.2 Å². The Bertz CT molecular complexity index is 1120. The van der Waals surface area contributed by atoms with Gasteiger partial charge in [-0.25, -0.2) is 0 Å². The Kier molecular flexibility index (Phi) is 8.17. The van der Waals surface area contributed by atoms with Gasteiger partial charge in [0.2, 0.25) is 17.6 Å². The number of methoxy groups -OCH3 is 3. The maximum absolute atomic E-state index is 12.5. The van der Waals surface area contributed by atoms with E-state index in [9.17, 15) is 9.59 Å². The predicted octanol–water partition coefficient (Wildman–Crippen LogP) is 3.67. The van der Waals surface area contributed by atoms with Crippen LogP contribution < -0.4 is 24.8 Å². The fourth-order valence-corrected chi connectivity index (χ4v) is 4.34. The molecule has 1 heterocycles. The molecule has 180 valence electrons. The topological polar surface area (TPSA) is 111 Å². The van der Waals surface area contributed by atoms with Gasteiger partial charge >= 0.3 is 0 Å². The van der Waals surface area contributed by atoms with E-state index in [4.69, 9.17) is 14.2 Å². The highest BCUT2D eigenvalue weighted by molar-refractivity contribution is 8.15. The van der Waals surface area contributed by atoms with Crippen molar-refractivity contribution >= 4 is 40.1 Å². The smallest absolute Gasteiger partial charge is 0.240 e. The van der Waals surface area contributed by atoms with Crippen LogP contribution in [0.2, 0.25) is 0 Å². The van der Waals surface area contributed by atoms with Gasteiger partial charge in [0, 0.05) is 17.7 Å². The number of anilines is 1. The van der Waals surface area contributed by atoms with Crippen molar-refractivity contribution in [1.82, 2.24) is 5.32 Å². The van der Waals surface area contributed by atoms with Gasteiger partial charge in [-0.2, -0.15) is 5.10 Å². The van der Waals surface area contributed by atoms with Gasteiger partial charge in [-0.15, -0.1) is 5.10 Å². The first-order valence-electron chi connectivity index (χ1n) is 10.5. The molecule has 1 saturated heterocycles. The predicted molar refractivity (Wildman–Crippen MR) is 134 cm³/mol. The fraction of sp³-hybridized carbons (Fsp3) is 0.333. The lowest BCUT2D eigenvalue weighted by Crippen LogP contribution is -2.28. The lowest BCUT2D eigenvalue weighted by atomic mass is 10.1. The Hall–Kier alpha value is -3.53. The maximum Gasteiger partial charge on any atom is 0.240 e. The van der Waals surface area contributed by atoms with Crippen molar-refractivity contribution in [2.75, 3.05) is 26.6 Å². The lowest BCUT2D eigenvalue weighted by molar-refractivity contribution is -0.122. The number of thioether (sulfide) groups is 1. The second-order valence-electron chi connectivity index (χ2n) is 7.62. The van der Waals surface area contributed by atoms with Crippen LogP contribution in [0, 0.1) is 13.8 Å². The van der Waals surface area contributed by atoms with E-state index in [1.807, 2.05) is 32.0 Å². The highest BCUT2D eigenvalue weighted by Gasteiger charge is 2.32. The molecular formula is C24H28N4O5S. The SMILES string of the molecule is COc1cc(C(C)=NN=C2NC(=O)C(CC(=O)Nc3c(C)cccc3C)S2)cc(OC)c1OC. The van der Waals surface area contributed by atoms with Crippen LogP contribution in [0.4, 0.5) is 5.69 Å². The number of amidine groups is 1. The van der Waals surface area contributed by atoms with E-state index in [1.54, 1.807) is 19.1 Å². The summed E-state index contributed by atoms with van der Waals surface area (Å²) >= 11 is 1.18. The zero-order chi connectivity index (χ0) is 24.8. The number of nitrogens with one attached hydrogen (secondary N) is 2. The summed E-state index contributed by atoms with van der Waals surface area (Å²) in [5, 5.41) is 13.7. The Balaban J connectivity index is 1.70. The number of carbonyl (C=O) groups excluding carboxylic acids is 2. The molecule has 1 aliphatic rings. The molecule has 34 heavy (non-hydrogen) atoms. The fourth-order valence-electron chi connectivity index (χ4n) is 3.43. The summed E-state index contributed by atoms with van der Waals surface area (Å²) in [7, 11) is 4.61. The van der Waals surface area contributed by atoms with Gasteiger partial charge in [-0.3, -0.25) is 9.59 Å². The third kappa shape index (κ3) is 5.69. The number of amides is 2. The van der Waals surface area contributed by atoms with Gasteiger partial charge in [-0.05, 0) is 44.0 Å². The summed E-state index contributed by atoms with van der Waals surface area (Å²) in [6.07, 6.45) is 0.0267. The molecular weight excluding hydrogens is 456 g/mol. The van der Waals surface area contributed by atoms with Gasteiger partial charge in [0.15, 0.2) is 16.7 Å². The molecule has 2 N–H and O–H groups in total. The van der Waals surface area contributed by atoms with Gasteiger partial charge in [0.25, 0.3) is 0 Å². The van der Waals surface area contributed by atoms with E-state index in [0.717, 1.165) is 22.4 Å². The molecule has 0 aromatic heterocycles. The van der Waals surface area contributed by atoms with Gasteiger partial charge in [0.05, 0.1) is 27.0 Å². The van der Waals surface area contributed by atoms with Crippen molar-refractivity contribution in [3.8, 4) is 17.2 Å². The van der Waals surface area contributed by atoms with Crippen LogP contribution in [0.1, 0.15) is 30.0 Å². The molecule has 1 aliphatic heterocycles. The van der Waals surface area contributed by atoms with E-state index in [0.29, 0.717) is 28.1 Å². The molecule has 1 atom stereocenters. The second kappa shape index (κ2) is 11.1. The number of para-hydroxylation sites is 1. The number of nitrogens with zero attached hydrogens (tertiary/aromatic N) is 2. The lowest BCUT2D eigenvalue weighted by Gasteiger charge is -2.13. The minimum absolute atomic E-state index is 0.0267. The first-order chi connectivity index (χ1) is 16.3. The normalized spacial score (nSPS) is 16.9. The number of hydrogen-bond acceptors (Lipinski definition) is 8. The number of hydrogen-bond donors (Lipinski definition) is 2. The number of aryl methyl sites for hydroxylation is 2. The molecule has 0 radical (unpaired) electrons. The molecule has 0 bridgehead atoms. The van der Waals surface area contributed by atoms with Crippen LogP contribution in [0.3, 0.4) is 0 Å². The Morgan fingerprint density at radius 3 is 2.26 bits per heavy atom. The Morgan fingerprint density at radius 2 is 1.71 bits per heavy atom. The summed E-state index contributed by atoms with van der Waals surface area (Å²) < 4.78 is 16.1. The van der Waals surface area contributed by atoms with Crippen LogP contribution in [-0.4, -0.2) is 49.3 Å². The van der Waals surface area contributed by atoms with E-state index in [1.165, 1.54) is 33.1 Å². The Labute approximate surface area is 203 Å². The summed E-state index contributed by atoms with van der Waals surface area (Å²) in [5.74, 6) is 0.966. The number of carbonyl (C=O) groups is 2. The van der Waals surface area contributed by atoms with Gasteiger partial charge in [0.1, 0.15) is 5.25 Å². The van der Waals surface area contributed by atoms with Crippen LogP contribution >= 0.6 is 11.8 Å². The monoisotopic (exact) mass is 484 g/mol. The summed E-state index contributed by atoms with van der Waals surface area (Å²) in [5.41, 5.74) is 4.01. The van der Waals surface area contributed by atoms with E-state index < -0.39 is 5.25 Å². The third-order valence-electron chi connectivity index (χ3n) is 5.27. The average molecular weight is 485 g/mol. The molecule has 0 aliphatic carbocycles. The van der Waals surface area contributed by atoms with E-state index in [2.05, 4.69) is 20.8 Å². The first-order valence-corrected chi connectivity index (χ1v) is 11.4. The van der Waals surface area contributed by atoms with E-state index in [-0.39, 0.29) is 18.2 Å². The standard InChI is InChI=1S/C24H28N4O5S/c1-13-8-7-9-14(2)21(13)25-20(29)12-19-23(30)26-24(34-19)28-27-15(3)16-10-17(31-4)22(33-6)18(11-16)32-5/h7-11,19H,12H2,1-6H3,(H,25,29)(H,26,28,30). The molecule has 2 aromatic rings. The zero-order valence-corrected chi connectivity index (χ0v) is 20.8. The highest BCUT2D eigenvalue weighted by atomic mass is 32.2. The number of rotatable bonds is 8. The number of benzene rings is 2. The molecule has 10 heteroatoms. The molecule has 9 nitrogen and oxygen atoms in total. The van der Waals surface area contributed by atoms with Crippen LogP contribution in [0.15, 0.2) is 40.5 Å². The molecule has 2 amide bonds. The number of ether oxygens (including phenoxy) is 3. The molecule has 3 rings (SSSR count). The van der Waals surface area contributed by atoms with Crippen molar-refractivity contribution in [2.24, 2.45) is 10.2 Å². The van der Waals surface area contributed by atoms with Crippen molar-refractivity contribution < 1.29 is 23.8 Å². The van der Waals surface area contributed by atoms with Crippen molar-refractivity contribution in [2.45, 2.75) is 32.4 Å². The van der Waals surface area contributed by atoms with Gasteiger partial charge in [-0.1, -0.05) is 30.0 Å². The van der Waals surface area contributed by atoms with Crippen LogP contribution in [0.25, 0.3) is 0 Å². The minimum atomic E-state index is -0.584. The summed E-state index contributed by atoms with van der Waals surface area (Å²) in [6.45, 7) is 5.64.